The Labute approximate surface area is 136 Å². The van der Waals surface area contributed by atoms with Gasteiger partial charge in [-0.25, -0.2) is 13.1 Å². The number of aromatic nitrogens is 1. The number of thiophene rings is 1. The summed E-state index contributed by atoms with van der Waals surface area (Å²) in [4.78, 5) is 4.10. The summed E-state index contributed by atoms with van der Waals surface area (Å²) in [5, 5.41) is 0. The molecular weight excluding hydrogens is 344 g/mol. The predicted molar refractivity (Wildman–Crippen MR) is 85.3 cm³/mol. The number of furan rings is 1. The van der Waals surface area contributed by atoms with E-state index in [1.807, 2.05) is 12.1 Å². The fraction of sp³-hybridized carbons (Fsp3) is 0.0714. The van der Waals surface area contributed by atoms with E-state index in [0.29, 0.717) is 10.1 Å². The summed E-state index contributed by atoms with van der Waals surface area (Å²) in [6.45, 7) is 0.138. The van der Waals surface area contributed by atoms with Crippen molar-refractivity contribution in [3.63, 3.8) is 0 Å². The van der Waals surface area contributed by atoms with Crippen LogP contribution in [-0.4, -0.2) is 13.4 Å². The first-order valence-electron chi connectivity index (χ1n) is 6.27. The van der Waals surface area contributed by atoms with Crippen molar-refractivity contribution in [3.8, 4) is 11.3 Å². The fourth-order valence-corrected chi connectivity index (χ4v) is 4.40. The van der Waals surface area contributed by atoms with Gasteiger partial charge < -0.3 is 4.42 Å². The molecule has 22 heavy (non-hydrogen) atoms. The summed E-state index contributed by atoms with van der Waals surface area (Å²) in [6, 6.07) is 8.46. The molecule has 0 fully saturated rings. The van der Waals surface area contributed by atoms with Gasteiger partial charge in [-0.15, -0.1) is 11.3 Å². The van der Waals surface area contributed by atoms with Gasteiger partial charge in [0.15, 0.2) is 0 Å². The van der Waals surface area contributed by atoms with E-state index >= 15 is 0 Å². The third kappa shape index (κ3) is 3.38. The molecule has 0 bridgehead atoms. The van der Waals surface area contributed by atoms with Crippen molar-refractivity contribution in [2.45, 2.75) is 10.8 Å². The lowest BCUT2D eigenvalue weighted by molar-refractivity contribution is 0.581. The lowest BCUT2D eigenvalue weighted by Gasteiger charge is -2.05. The van der Waals surface area contributed by atoms with Gasteiger partial charge in [0.25, 0.3) is 0 Å². The lowest BCUT2D eigenvalue weighted by atomic mass is 10.2. The minimum Gasteiger partial charge on any atom is -0.464 e. The number of sulfonamides is 1. The van der Waals surface area contributed by atoms with Crippen LogP contribution in [0.4, 0.5) is 0 Å². The molecular formula is C14H11ClN2O3S2. The molecule has 1 N–H and O–H groups in total. The monoisotopic (exact) mass is 354 g/mol. The predicted octanol–water partition coefficient (Wildman–Crippen LogP) is 3.54. The first kappa shape index (κ1) is 15.2. The van der Waals surface area contributed by atoms with Crippen molar-refractivity contribution in [1.82, 2.24) is 9.71 Å². The number of hydrogen-bond donors (Lipinski definition) is 1. The first-order valence-corrected chi connectivity index (χ1v) is 8.95. The molecule has 0 aromatic carbocycles. The second-order valence-electron chi connectivity index (χ2n) is 4.44. The van der Waals surface area contributed by atoms with Gasteiger partial charge >= 0.3 is 0 Å². The maximum Gasteiger partial charge on any atom is 0.250 e. The van der Waals surface area contributed by atoms with E-state index in [-0.39, 0.29) is 10.8 Å². The summed E-state index contributed by atoms with van der Waals surface area (Å²) in [5.74, 6) is 0.683. The molecule has 5 nitrogen and oxygen atoms in total. The molecule has 0 spiro atoms. The number of pyridine rings is 1. The van der Waals surface area contributed by atoms with E-state index < -0.39 is 10.0 Å². The van der Waals surface area contributed by atoms with Crippen LogP contribution >= 0.6 is 22.9 Å². The number of rotatable bonds is 5. The normalized spacial score (nSPS) is 11.7. The lowest BCUT2D eigenvalue weighted by Crippen LogP contribution is -2.22. The number of nitrogens with one attached hydrogen (secondary N) is 1. The Morgan fingerprint density at radius 3 is 2.82 bits per heavy atom. The van der Waals surface area contributed by atoms with Crippen LogP contribution in [0.15, 0.2) is 57.6 Å². The first-order chi connectivity index (χ1) is 10.5. The van der Waals surface area contributed by atoms with Crippen molar-refractivity contribution >= 4 is 33.0 Å². The van der Waals surface area contributed by atoms with Crippen molar-refractivity contribution in [3.05, 3.63) is 58.9 Å². The van der Waals surface area contributed by atoms with Crippen molar-refractivity contribution in [2.24, 2.45) is 0 Å². The minimum atomic E-state index is -3.57. The highest BCUT2D eigenvalue weighted by molar-refractivity contribution is 7.91. The Hall–Kier alpha value is -1.67. The number of halogens is 1. The third-order valence-electron chi connectivity index (χ3n) is 2.88. The second kappa shape index (κ2) is 6.21. The molecule has 0 atom stereocenters. The summed E-state index contributed by atoms with van der Waals surface area (Å²) in [5.41, 5.74) is 1.53. The molecule has 114 valence electrons. The van der Waals surface area contributed by atoms with Gasteiger partial charge in [-0.3, -0.25) is 4.98 Å². The topological polar surface area (TPSA) is 72.2 Å². The highest BCUT2D eigenvalue weighted by atomic mass is 35.5. The van der Waals surface area contributed by atoms with E-state index in [4.69, 9.17) is 16.0 Å². The minimum absolute atomic E-state index is 0.138. The Morgan fingerprint density at radius 1 is 1.27 bits per heavy atom. The van der Waals surface area contributed by atoms with Crippen LogP contribution < -0.4 is 4.72 Å². The standard InChI is InChI=1S/C14H11ClN2O3S2/c15-13-3-4-14(21-13)22(18,19)17-8-10-6-11(9-16-7-10)12-2-1-5-20-12/h1-7,9,17H,8H2. The van der Waals surface area contributed by atoms with Crippen LogP contribution in [0.5, 0.6) is 0 Å². The van der Waals surface area contributed by atoms with Gasteiger partial charge in [0, 0.05) is 24.5 Å². The third-order valence-corrected chi connectivity index (χ3v) is 6.00. The number of hydrogen-bond acceptors (Lipinski definition) is 5. The average Bonchev–Trinajstić information content (AvgIpc) is 3.17. The molecule has 3 aromatic rings. The van der Waals surface area contributed by atoms with Gasteiger partial charge in [-0.2, -0.15) is 0 Å². The molecule has 3 rings (SSSR count). The summed E-state index contributed by atoms with van der Waals surface area (Å²) >= 11 is 6.78. The van der Waals surface area contributed by atoms with Crippen LogP contribution in [0.3, 0.4) is 0 Å². The van der Waals surface area contributed by atoms with E-state index in [0.717, 1.165) is 22.5 Å². The molecule has 0 aliphatic rings. The SMILES string of the molecule is O=S(=O)(NCc1cncc(-c2ccco2)c1)c1ccc(Cl)s1. The Morgan fingerprint density at radius 2 is 2.14 bits per heavy atom. The van der Waals surface area contributed by atoms with Crippen LogP contribution in [0.2, 0.25) is 4.34 Å². The van der Waals surface area contributed by atoms with Gasteiger partial charge in [0.05, 0.1) is 10.6 Å². The molecule has 0 amide bonds. The van der Waals surface area contributed by atoms with Crippen LogP contribution in [0.25, 0.3) is 11.3 Å². The molecule has 3 aromatic heterocycles. The number of nitrogens with zero attached hydrogens (tertiary/aromatic N) is 1. The highest BCUT2D eigenvalue weighted by Gasteiger charge is 2.16. The van der Waals surface area contributed by atoms with Crippen molar-refractivity contribution < 1.29 is 12.8 Å². The van der Waals surface area contributed by atoms with Gasteiger partial charge in [0.2, 0.25) is 10.0 Å². The summed E-state index contributed by atoms with van der Waals surface area (Å²) in [6.07, 6.45) is 4.84. The van der Waals surface area contributed by atoms with Crippen LogP contribution in [0.1, 0.15) is 5.56 Å². The van der Waals surface area contributed by atoms with Crippen molar-refractivity contribution in [2.75, 3.05) is 0 Å². The molecule has 0 aliphatic heterocycles. The molecule has 0 unspecified atom stereocenters. The Bertz CT molecular complexity index is 873. The van der Waals surface area contributed by atoms with Crippen LogP contribution in [0, 0.1) is 0 Å². The molecule has 0 saturated carbocycles. The largest absolute Gasteiger partial charge is 0.464 e. The quantitative estimate of drug-likeness (QED) is 0.760. The van der Waals surface area contributed by atoms with E-state index in [1.54, 1.807) is 30.8 Å². The zero-order chi connectivity index (χ0) is 15.6. The zero-order valence-electron chi connectivity index (χ0n) is 11.2. The van der Waals surface area contributed by atoms with E-state index in [9.17, 15) is 8.42 Å². The molecule has 0 radical (unpaired) electrons. The zero-order valence-corrected chi connectivity index (χ0v) is 13.6. The van der Waals surface area contributed by atoms with Gasteiger partial charge in [-0.05, 0) is 35.9 Å². The van der Waals surface area contributed by atoms with E-state index in [1.165, 1.54) is 6.07 Å². The maximum atomic E-state index is 12.1. The van der Waals surface area contributed by atoms with Crippen LogP contribution in [-0.2, 0) is 16.6 Å². The van der Waals surface area contributed by atoms with E-state index in [2.05, 4.69) is 9.71 Å². The maximum absolute atomic E-state index is 12.1. The Kier molecular flexibility index (Phi) is 4.30. The summed E-state index contributed by atoms with van der Waals surface area (Å²) < 4.78 is 32.7. The molecule has 0 aliphatic carbocycles. The average molecular weight is 355 g/mol. The summed E-state index contributed by atoms with van der Waals surface area (Å²) in [7, 11) is -3.57. The smallest absolute Gasteiger partial charge is 0.250 e. The van der Waals surface area contributed by atoms with Gasteiger partial charge in [0.1, 0.15) is 9.97 Å². The second-order valence-corrected chi connectivity index (χ2v) is 8.15. The Balaban J connectivity index is 1.75. The van der Waals surface area contributed by atoms with Gasteiger partial charge in [-0.1, -0.05) is 11.6 Å². The fourth-order valence-electron chi connectivity index (χ4n) is 1.85. The highest BCUT2D eigenvalue weighted by Crippen LogP contribution is 2.25. The molecule has 3 heterocycles. The molecule has 8 heteroatoms. The molecule has 0 saturated heterocycles. The van der Waals surface area contributed by atoms with Crippen molar-refractivity contribution in [1.29, 1.82) is 0 Å².